The van der Waals surface area contributed by atoms with Crippen molar-refractivity contribution in [3.63, 3.8) is 0 Å². The monoisotopic (exact) mass is 326 g/mol. The predicted molar refractivity (Wildman–Crippen MR) is 87.4 cm³/mol. The van der Waals surface area contributed by atoms with E-state index in [4.69, 9.17) is 0 Å². The van der Waals surface area contributed by atoms with Gasteiger partial charge < -0.3 is 5.11 Å². The van der Waals surface area contributed by atoms with Crippen molar-refractivity contribution in [1.82, 2.24) is 0 Å². The Morgan fingerprint density at radius 3 is 2.60 bits per heavy atom. The number of aliphatic hydroxyl groups is 1. The average molecular weight is 327 g/mol. The summed E-state index contributed by atoms with van der Waals surface area (Å²) in [5.74, 6) is 0. The first kappa shape index (κ1) is 12.4. The van der Waals surface area contributed by atoms with Crippen molar-refractivity contribution >= 4 is 37.5 Å². The summed E-state index contributed by atoms with van der Waals surface area (Å²) in [5, 5.41) is 15.5. The van der Waals surface area contributed by atoms with Crippen LogP contribution in [-0.4, -0.2) is 9.93 Å². The number of hydrogen-bond acceptors (Lipinski definition) is 1. The second-order valence-electron chi connectivity index (χ2n) is 5.51. The first-order valence-corrected chi connectivity index (χ1v) is 7.92. The first-order chi connectivity index (χ1) is 9.75. The maximum absolute atomic E-state index is 10.4. The van der Waals surface area contributed by atoms with E-state index in [1.807, 2.05) is 0 Å². The summed E-state index contributed by atoms with van der Waals surface area (Å²) in [6.45, 7) is 0. The number of rotatable bonds is 0. The predicted octanol–water partition coefficient (Wildman–Crippen LogP) is 4.74. The molecule has 1 N–H and O–H groups in total. The van der Waals surface area contributed by atoms with E-state index < -0.39 is 6.10 Å². The molecule has 0 spiro atoms. The molecule has 100 valence electrons. The molecule has 2 heteroatoms. The summed E-state index contributed by atoms with van der Waals surface area (Å²) in [7, 11) is 0. The fraction of sp³-hybridized carbons (Fsp3) is 0.222. The Balaban J connectivity index is 2.08. The normalized spacial score (nSPS) is 22.1. The van der Waals surface area contributed by atoms with Gasteiger partial charge in [0.05, 0.1) is 6.10 Å². The van der Waals surface area contributed by atoms with Gasteiger partial charge in [-0.25, -0.2) is 0 Å². The summed E-state index contributed by atoms with van der Waals surface area (Å²) < 4.78 is 0. The Kier molecular flexibility index (Phi) is 2.83. The zero-order chi connectivity index (χ0) is 13.7. The van der Waals surface area contributed by atoms with Gasteiger partial charge in [0.2, 0.25) is 0 Å². The lowest BCUT2D eigenvalue weighted by Crippen LogP contribution is -2.20. The Hall–Kier alpha value is -1.38. The van der Waals surface area contributed by atoms with Crippen molar-refractivity contribution in [2.24, 2.45) is 0 Å². The number of halogens is 1. The van der Waals surface area contributed by atoms with Crippen LogP contribution in [-0.2, 0) is 6.42 Å². The minimum absolute atomic E-state index is 0.174. The molecular formula is C18H15BrO. The maximum Gasteiger partial charge on any atom is 0.0917 e. The van der Waals surface area contributed by atoms with Crippen LogP contribution in [0.2, 0.25) is 0 Å². The SMILES string of the molecule is O[C@@H]1c2ccc3c(ccc4ccccc43)c2CC[C@H]1Br. The van der Waals surface area contributed by atoms with Crippen LogP contribution in [0.1, 0.15) is 23.7 Å². The molecule has 0 aromatic heterocycles. The lowest BCUT2D eigenvalue weighted by atomic mass is 9.85. The molecule has 3 aromatic rings. The molecule has 20 heavy (non-hydrogen) atoms. The fourth-order valence-electron chi connectivity index (χ4n) is 3.36. The van der Waals surface area contributed by atoms with Gasteiger partial charge in [0, 0.05) is 4.83 Å². The second kappa shape index (κ2) is 4.57. The van der Waals surface area contributed by atoms with Crippen LogP contribution in [0.4, 0.5) is 0 Å². The van der Waals surface area contributed by atoms with E-state index >= 15 is 0 Å². The summed E-state index contributed by atoms with van der Waals surface area (Å²) in [4.78, 5) is 0.174. The molecule has 0 unspecified atom stereocenters. The molecule has 0 radical (unpaired) electrons. The van der Waals surface area contributed by atoms with Crippen LogP contribution in [0.3, 0.4) is 0 Å². The topological polar surface area (TPSA) is 20.2 Å². The zero-order valence-electron chi connectivity index (χ0n) is 11.0. The van der Waals surface area contributed by atoms with Crippen molar-refractivity contribution in [3.05, 3.63) is 59.7 Å². The molecule has 1 aliphatic carbocycles. The number of alkyl halides is 1. The Labute approximate surface area is 126 Å². The highest BCUT2D eigenvalue weighted by Gasteiger charge is 2.27. The summed E-state index contributed by atoms with van der Waals surface area (Å²) in [6, 6.07) is 17.1. The van der Waals surface area contributed by atoms with Gasteiger partial charge >= 0.3 is 0 Å². The van der Waals surface area contributed by atoms with Gasteiger partial charge in [0.1, 0.15) is 0 Å². The molecule has 2 atom stereocenters. The Morgan fingerprint density at radius 1 is 0.900 bits per heavy atom. The van der Waals surface area contributed by atoms with Gasteiger partial charge in [-0.1, -0.05) is 64.5 Å². The van der Waals surface area contributed by atoms with Crippen LogP contribution in [0.5, 0.6) is 0 Å². The minimum atomic E-state index is -0.394. The van der Waals surface area contributed by atoms with Crippen LogP contribution in [0, 0.1) is 0 Å². The molecule has 0 fully saturated rings. The minimum Gasteiger partial charge on any atom is -0.387 e. The lowest BCUT2D eigenvalue weighted by Gasteiger charge is -2.27. The van der Waals surface area contributed by atoms with Crippen LogP contribution in [0.15, 0.2) is 48.5 Å². The van der Waals surface area contributed by atoms with Gasteiger partial charge in [0.15, 0.2) is 0 Å². The van der Waals surface area contributed by atoms with Crippen molar-refractivity contribution in [2.45, 2.75) is 23.8 Å². The van der Waals surface area contributed by atoms with Crippen molar-refractivity contribution in [2.75, 3.05) is 0 Å². The number of aliphatic hydroxyl groups excluding tert-OH is 1. The molecular weight excluding hydrogens is 312 g/mol. The summed E-state index contributed by atoms with van der Waals surface area (Å²) in [5.41, 5.74) is 2.40. The van der Waals surface area contributed by atoms with E-state index in [0.717, 1.165) is 18.4 Å². The lowest BCUT2D eigenvalue weighted by molar-refractivity contribution is 0.166. The maximum atomic E-state index is 10.4. The van der Waals surface area contributed by atoms with Gasteiger partial charge in [-0.3, -0.25) is 0 Å². The Morgan fingerprint density at radius 2 is 1.70 bits per heavy atom. The summed E-state index contributed by atoms with van der Waals surface area (Å²) >= 11 is 3.58. The second-order valence-corrected chi connectivity index (χ2v) is 6.69. The van der Waals surface area contributed by atoms with E-state index in [9.17, 15) is 5.11 Å². The smallest absolute Gasteiger partial charge is 0.0917 e. The Bertz CT molecular complexity index is 809. The third-order valence-corrected chi connectivity index (χ3v) is 5.36. The number of hydrogen-bond donors (Lipinski definition) is 1. The zero-order valence-corrected chi connectivity index (χ0v) is 12.6. The fourth-order valence-corrected chi connectivity index (χ4v) is 3.87. The van der Waals surface area contributed by atoms with E-state index in [0.29, 0.717) is 0 Å². The van der Waals surface area contributed by atoms with Crippen LogP contribution < -0.4 is 0 Å². The summed E-state index contributed by atoms with van der Waals surface area (Å²) in [6.07, 6.45) is 1.62. The molecule has 0 amide bonds. The largest absolute Gasteiger partial charge is 0.387 e. The molecule has 0 aliphatic heterocycles. The van der Waals surface area contributed by atoms with Gasteiger partial charge in [-0.2, -0.15) is 0 Å². The molecule has 0 bridgehead atoms. The standard InChI is InChI=1S/C18H15BrO/c19-17-10-9-15-14-6-5-11-3-1-2-4-12(11)13(14)7-8-16(15)18(17)20/h1-8,17-18,20H,9-10H2/t17-,18-/m1/s1. The third-order valence-electron chi connectivity index (χ3n) is 4.41. The van der Waals surface area contributed by atoms with Crippen LogP contribution >= 0.6 is 15.9 Å². The first-order valence-electron chi connectivity index (χ1n) is 7.01. The third kappa shape index (κ3) is 1.72. The van der Waals surface area contributed by atoms with Gasteiger partial charge in [-0.15, -0.1) is 0 Å². The van der Waals surface area contributed by atoms with Crippen molar-refractivity contribution < 1.29 is 5.11 Å². The van der Waals surface area contributed by atoms with E-state index in [2.05, 4.69) is 64.5 Å². The molecule has 3 aromatic carbocycles. The number of benzene rings is 3. The van der Waals surface area contributed by atoms with Gasteiger partial charge in [-0.05, 0) is 45.5 Å². The molecule has 0 saturated carbocycles. The highest BCUT2D eigenvalue weighted by atomic mass is 79.9. The van der Waals surface area contributed by atoms with E-state index in [1.54, 1.807) is 0 Å². The molecule has 1 nitrogen and oxygen atoms in total. The van der Waals surface area contributed by atoms with E-state index in [1.165, 1.54) is 27.1 Å². The van der Waals surface area contributed by atoms with E-state index in [-0.39, 0.29) is 4.83 Å². The average Bonchev–Trinajstić information content (AvgIpc) is 2.50. The van der Waals surface area contributed by atoms with Gasteiger partial charge in [0.25, 0.3) is 0 Å². The van der Waals surface area contributed by atoms with Crippen molar-refractivity contribution in [1.29, 1.82) is 0 Å². The highest BCUT2D eigenvalue weighted by molar-refractivity contribution is 9.09. The molecule has 4 rings (SSSR count). The molecule has 1 aliphatic rings. The van der Waals surface area contributed by atoms with Crippen molar-refractivity contribution in [3.8, 4) is 0 Å². The van der Waals surface area contributed by atoms with Crippen LogP contribution in [0.25, 0.3) is 21.5 Å². The number of aryl methyl sites for hydroxylation is 1. The molecule has 0 heterocycles. The highest BCUT2D eigenvalue weighted by Crippen LogP contribution is 2.39. The quantitative estimate of drug-likeness (QED) is 0.467. The molecule has 0 saturated heterocycles. The number of fused-ring (bicyclic) bond motifs is 5.